The predicted octanol–water partition coefficient (Wildman–Crippen LogP) is 4.35. The lowest BCUT2D eigenvalue weighted by molar-refractivity contribution is 0.501. The zero-order valence-corrected chi connectivity index (χ0v) is 12.8. The fourth-order valence-corrected chi connectivity index (χ4v) is 3.75. The molecule has 3 heteroatoms. The van der Waals surface area contributed by atoms with Crippen LogP contribution in [0.3, 0.4) is 0 Å². The van der Waals surface area contributed by atoms with Crippen molar-refractivity contribution in [1.82, 2.24) is 5.32 Å². The van der Waals surface area contributed by atoms with E-state index < -0.39 is 0 Å². The Hall–Kier alpha value is -1.32. The van der Waals surface area contributed by atoms with Gasteiger partial charge in [0.1, 0.15) is 0 Å². The Balaban J connectivity index is 1.70. The van der Waals surface area contributed by atoms with E-state index >= 15 is 0 Å². The topological polar surface area (TPSA) is 24.1 Å². The van der Waals surface area contributed by atoms with E-state index in [0.717, 1.165) is 19.5 Å². The molecule has 1 aromatic heterocycles. The number of hydrogen-bond donors (Lipinski definition) is 2. The van der Waals surface area contributed by atoms with Crippen molar-refractivity contribution in [2.24, 2.45) is 0 Å². The lowest BCUT2D eigenvalue weighted by Crippen LogP contribution is -2.20. The lowest BCUT2D eigenvalue weighted by Gasteiger charge is -2.18. The summed E-state index contributed by atoms with van der Waals surface area (Å²) in [4.78, 5) is 1.45. The van der Waals surface area contributed by atoms with Gasteiger partial charge in [-0.1, -0.05) is 37.6 Å². The summed E-state index contributed by atoms with van der Waals surface area (Å²) in [6, 6.07) is 11.5. The van der Waals surface area contributed by atoms with E-state index in [1.54, 1.807) is 0 Å². The molecule has 0 radical (unpaired) electrons. The third kappa shape index (κ3) is 2.89. The highest BCUT2D eigenvalue weighted by atomic mass is 32.1. The average Bonchev–Trinajstić information content (AvgIpc) is 3.13. The largest absolute Gasteiger partial charge is 0.384 e. The minimum Gasteiger partial charge on any atom is -0.384 e. The summed E-state index contributed by atoms with van der Waals surface area (Å²) >= 11 is 1.85. The first-order valence-corrected chi connectivity index (χ1v) is 8.38. The summed E-state index contributed by atoms with van der Waals surface area (Å²) in [6.45, 7) is 4.28. The minimum atomic E-state index is 0.484. The minimum absolute atomic E-state index is 0.484. The van der Waals surface area contributed by atoms with Gasteiger partial charge < -0.3 is 10.6 Å². The average molecular weight is 286 g/mol. The monoisotopic (exact) mass is 286 g/mol. The number of thiophene rings is 1. The molecule has 1 aromatic carbocycles. The molecule has 0 fully saturated rings. The second-order valence-electron chi connectivity index (χ2n) is 5.37. The SMILES string of the molecule is CCCC(NCc1cccc2c1NCC2)c1cccs1. The van der Waals surface area contributed by atoms with Gasteiger partial charge in [0, 0.05) is 29.7 Å². The Morgan fingerprint density at radius 1 is 1.30 bits per heavy atom. The standard InChI is InChI=1S/C17H22N2S/c1-2-5-15(16-8-4-11-20-16)19-12-14-7-3-6-13-9-10-18-17(13)14/h3-4,6-8,11,15,18-19H,2,5,9-10,12H2,1H3. The van der Waals surface area contributed by atoms with E-state index in [9.17, 15) is 0 Å². The van der Waals surface area contributed by atoms with Gasteiger partial charge in [0.25, 0.3) is 0 Å². The fraction of sp³-hybridized carbons (Fsp3) is 0.412. The first kappa shape index (κ1) is 13.7. The Bertz CT molecular complexity index is 548. The number of anilines is 1. The summed E-state index contributed by atoms with van der Waals surface area (Å²) in [6.07, 6.45) is 3.57. The van der Waals surface area contributed by atoms with Gasteiger partial charge in [-0.15, -0.1) is 11.3 Å². The van der Waals surface area contributed by atoms with Crippen LogP contribution in [0.15, 0.2) is 35.7 Å². The van der Waals surface area contributed by atoms with Crippen LogP contribution in [-0.4, -0.2) is 6.54 Å². The van der Waals surface area contributed by atoms with Crippen molar-refractivity contribution < 1.29 is 0 Å². The fourth-order valence-electron chi connectivity index (χ4n) is 2.91. The van der Waals surface area contributed by atoms with Crippen molar-refractivity contribution in [3.63, 3.8) is 0 Å². The smallest absolute Gasteiger partial charge is 0.0419 e. The van der Waals surface area contributed by atoms with E-state index in [0.29, 0.717) is 6.04 Å². The highest BCUT2D eigenvalue weighted by molar-refractivity contribution is 7.10. The molecular formula is C17H22N2S. The van der Waals surface area contributed by atoms with Crippen molar-refractivity contribution >= 4 is 17.0 Å². The number of hydrogen-bond acceptors (Lipinski definition) is 3. The van der Waals surface area contributed by atoms with Crippen LogP contribution in [0.25, 0.3) is 0 Å². The van der Waals surface area contributed by atoms with Crippen LogP contribution < -0.4 is 10.6 Å². The molecule has 20 heavy (non-hydrogen) atoms. The van der Waals surface area contributed by atoms with Crippen molar-refractivity contribution in [2.75, 3.05) is 11.9 Å². The third-order valence-electron chi connectivity index (χ3n) is 3.94. The molecule has 0 bridgehead atoms. The number of benzene rings is 1. The van der Waals surface area contributed by atoms with Gasteiger partial charge >= 0.3 is 0 Å². The van der Waals surface area contributed by atoms with E-state index in [4.69, 9.17) is 0 Å². The molecule has 1 unspecified atom stereocenters. The second kappa shape index (κ2) is 6.42. The summed E-state index contributed by atoms with van der Waals surface area (Å²) in [5.74, 6) is 0. The van der Waals surface area contributed by atoms with Crippen LogP contribution in [0.2, 0.25) is 0 Å². The molecule has 2 nitrogen and oxygen atoms in total. The zero-order chi connectivity index (χ0) is 13.8. The van der Waals surface area contributed by atoms with Crippen molar-refractivity contribution in [1.29, 1.82) is 0 Å². The van der Waals surface area contributed by atoms with Crippen LogP contribution in [0.5, 0.6) is 0 Å². The summed E-state index contributed by atoms with van der Waals surface area (Å²) in [5.41, 5.74) is 4.23. The Morgan fingerprint density at radius 3 is 3.05 bits per heavy atom. The third-order valence-corrected chi connectivity index (χ3v) is 4.92. The molecule has 2 N–H and O–H groups in total. The normalized spacial score (nSPS) is 14.8. The van der Waals surface area contributed by atoms with Gasteiger partial charge in [0.05, 0.1) is 0 Å². The van der Waals surface area contributed by atoms with E-state index in [-0.39, 0.29) is 0 Å². The lowest BCUT2D eigenvalue weighted by atomic mass is 10.1. The summed E-state index contributed by atoms with van der Waals surface area (Å²) < 4.78 is 0. The molecule has 0 saturated heterocycles. The summed E-state index contributed by atoms with van der Waals surface area (Å²) in [7, 11) is 0. The van der Waals surface area contributed by atoms with E-state index in [2.05, 4.69) is 53.3 Å². The van der Waals surface area contributed by atoms with Crippen molar-refractivity contribution in [2.45, 2.75) is 38.8 Å². The molecule has 2 heterocycles. The van der Waals surface area contributed by atoms with Crippen LogP contribution in [0.4, 0.5) is 5.69 Å². The Labute approximate surface area is 125 Å². The van der Waals surface area contributed by atoms with Gasteiger partial charge in [0.2, 0.25) is 0 Å². The van der Waals surface area contributed by atoms with Crippen LogP contribution >= 0.6 is 11.3 Å². The van der Waals surface area contributed by atoms with Gasteiger partial charge in [-0.25, -0.2) is 0 Å². The molecule has 0 aliphatic carbocycles. The molecule has 106 valence electrons. The number of rotatable bonds is 6. The Morgan fingerprint density at radius 2 is 2.25 bits per heavy atom. The number of nitrogens with one attached hydrogen (secondary N) is 2. The van der Waals surface area contributed by atoms with E-state index in [1.807, 2.05) is 11.3 Å². The van der Waals surface area contributed by atoms with Gasteiger partial charge in [-0.05, 0) is 35.4 Å². The second-order valence-corrected chi connectivity index (χ2v) is 6.34. The molecule has 2 aromatic rings. The van der Waals surface area contributed by atoms with Crippen molar-refractivity contribution in [3.05, 3.63) is 51.7 Å². The number of para-hydroxylation sites is 1. The van der Waals surface area contributed by atoms with Crippen molar-refractivity contribution in [3.8, 4) is 0 Å². The zero-order valence-electron chi connectivity index (χ0n) is 12.0. The molecule has 3 rings (SSSR count). The van der Waals surface area contributed by atoms with E-state index in [1.165, 1.54) is 34.5 Å². The molecule has 0 amide bonds. The van der Waals surface area contributed by atoms with Gasteiger partial charge in [0.15, 0.2) is 0 Å². The maximum atomic E-state index is 3.74. The van der Waals surface area contributed by atoms with Crippen LogP contribution in [0, 0.1) is 0 Å². The highest BCUT2D eigenvalue weighted by Crippen LogP contribution is 2.28. The first-order valence-electron chi connectivity index (χ1n) is 7.50. The number of fused-ring (bicyclic) bond motifs is 1. The molecule has 1 aliphatic heterocycles. The quantitative estimate of drug-likeness (QED) is 0.825. The van der Waals surface area contributed by atoms with Gasteiger partial charge in [-0.3, -0.25) is 0 Å². The summed E-state index contributed by atoms with van der Waals surface area (Å²) in [5, 5.41) is 9.43. The molecule has 0 saturated carbocycles. The molecule has 0 spiro atoms. The molecule has 1 aliphatic rings. The Kier molecular flexibility index (Phi) is 4.38. The predicted molar refractivity (Wildman–Crippen MR) is 87.4 cm³/mol. The first-order chi connectivity index (χ1) is 9.88. The van der Waals surface area contributed by atoms with Crippen LogP contribution in [0.1, 0.15) is 41.8 Å². The maximum Gasteiger partial charge on any atom is 0.0419 e. The van der Waals surface area contributed by atoms with Crippen LogP contribution in [-0.2, 0) is 13.0 Å². The molecule has 1 atom stereocenters. The van der Waals surface area contributed by atoms with Gasteiger partial charge in [-0.2, -0.15) is 0 Å². The maximum absolute atomic E-state index is 3.74. The molecular weight excluding hydrogens is 264 g/mol. The highest BCUT2D eigenvalue weighted by Gasteiger charge is 2.15.